The van der Waals surface area contributed by atoms with Crippen molar-refractivity contribution in [2.24, 2.45) is 7.05 Å². The van der Waals surface area contributed by atoms with Gasteiger partial charge in [-0.1, -0.05) is 5.92 Å². The molecule has 0 saturated carbocycles. The second kappa shape index (κ2) is 7.97. The monoisotopic (exact) mass is 414 g/mol. The number of rotatable bonds is 7. The Bertz CT molecular complexity index is 1170. The second-order valence-electron chi connectivity index (χ2n) is 6.25. The van der Waals surface area contributed by atoms with Crippen molar-refractivity contribution < 1.29 is 22.6 Å². The number of ether oxygens (including phenoxy) is 3. The number of hydrogen-bond acceptors (Lipinski definition) is 5. The highest BCUT2D eigenvalue weighted by Crippen LogP contribution is 2.40. The minimum Gasteiger partial charge on any atom is -0.493 e. The van der Waals surface area contributed by atoms with Crippen LogP contribution in [0.2, 0.25) is 0 Å². The number of aryl methyl sites for hydroxylation is 1. The minimum atomic E-state index is -4.00. The van der Waals surface area contributed by atoms with E-state index in [2.05, 4.69) is 5.92 Å². The number of nitrogens with zero attached hydrogens (tertiary/aromatic N) is 2. The van der Waals surface area contributed by atoms with Crippen molar-refractivity contribution in [1.29, 1.82) is 0 Å². The van der Waals surface area contributed by atoms with Crippen molar-refractivity contribution in [3.8, 4) is 29.6 Å². The van der Waals surface area contributed by atoms with Gasteiger partial charge in [0.25, 0.3) is 10.0 Å². The molecule has 1 heterocycles. The summed E-state index contributed by atoms with van der Waals surface area (Å²) in [6.07, 6.45) is 7.40. The molecule has 0 amide bonds. The van der Waals surface area contributed by atoms with Gasteiger partial charge in [0.05, 0.1) is 38.5 Å². The third-order valence-electron chi connectivity index (χ3n) is 4.62. The van der Waals surface area contributed by atoms with Crippen LogP contribution < -0.4 is 18.5 Å². The van der Waals surface area contributed by atoms with Crippen LogP contribution in [-0.2, 0) is 17.1 Å². The summed E-state index contributed by atoms with van der Waals surface area (Å²) in [6, 6.07) is 10.1. The third-order valence-corrected chi connectivity index (χ3v) is 6.37. The summed E-state index contributed by atoms with van der Waals surface area (Å²) in [5.74, 6) is 3.22. The van der Waals surface area contributed by atoms with Gasteiger partial charge in [0, 0.05) is 36.3 Å². The standard InChI is InChI=1S/C21H22N2O5S/c1-6-10-23(16-7-8-18-15(12-16)9-11-22(18)2)29(24,25)17-13-19(26-3)21(28-5)20(14-17)27-4/h1,7-9,11-14H,10H2,2-5H3. The average molecular weight is 414 g/mol. The molecule has 0 radical (unpaired) electrons. The van der Waals surface area contributed by atoms with Crippen LogP contribution in [0.1, 0.15) is 0 Å². The lowest BCUT2D eigenvalue weighted by Gasteiger charge is -2.23. The van der Waals surface area contributed by atoms with E-state index < -0.39 is 10.0 Å². The van der Waals surface area contributed by atoms with Gasteiger partial charge in [-0.25, -0.2) is 8.42 Å². The second-order valence-corrected chi connectivity index (χ2v) is 8.11. The van der Waals surface area contributed by atoms with E-state index in [1.165, 1.54) is 37.8 Å². The minimum absolute atomic E-state index is 0.0181. The third kappa shape index (κ3) is 3.57. The molecule has 0 bridgehead atoms. The maximum atomic E-state index is 13.5. The number of hydrogen-bond donors (Lipinski definition) is 0. The van der Waals surface area contributed by atoms with Crippen LogP contribution in [0, 0.1) is 12.3 Å². The lowest BCUT2D eigenvalue weighted by molar-refractivity contribution is 0.323. The molecule has 0 fully saturated rings. The zero-order valence-corrected chi connectivity index (χ0v) is 17.5. The number of terminal acetylenes is 1. The van der Waals surface area contributed by atoms with E-state index in [4.69, 9.17) is 20.6 Å². The van der Waals surface area contributed by atoms with Crippen LogP contribution in [0.15, 0.2) is 47.5 Å². The SMILES string of the molecule is C#CCN(c1ccc2c(ccn2C)c1)S(=O)(=O)c1cc(OC)c(OC)c(OC)c1. The average Bonchev–Trinajstić information content (AvgIpc) is 3.10. The number of anilines is 1. The zero-order valence-electron chi connectivity index (χ0n) is 16.7. The molecule has 3 rings (SSSR count). The molecule has 0 atom stereocenters. The Morgan fingerprint density at radius 1 is 1.03 bits per heavy atom. The van der Waals surface area contributed by atoms with E-state index in [0.717, 1.165) is 10.9 Å². The molecular weight excluding hydrogens is 392 g/mol. The van der Waals surface area contributed by atoms with Gasteiger partial charge in [-0.2, -0.15) is 0 Å². The predicted octanol–water partition coefficient (Wildman–Crippen LogP) is 3.03. The molecule has 0 spiro atoms. The lowest BCUT2D eigenvalue weighted by atomic mass is 10.2. The number of benzene rings is 2. The van der Waals surface area contributed by atoms with Crippen LogP contribution in [-0.4, -0.2) is 40.9 Å². The van der Waals surface area contributed by atoms with Crippen LogP contribution in [0.25, 0.3) is 10.9 Å². The van der Waals surface area contributed by atoms with Gasteiger partial charge in [-0.05, 0) is 24.3 Å². The Balaban J connectivity index is 2.16. The van der Waals surface area contributed by atoms with E-state index in [1.54, 1.807) is 12.1 Å². The highest BCUT2D eigenvalue weighted by molar-refractivity contribution is 7.92. The van der Waals surface area contributed by atoms with Crippen molar-refractivity contribution in [3.05, 3.63) is 42.6 Å². The summed E-state index contributed by atoms with van der Waals surface area (Å²) in [7, 11) is 2.23. The van der Waals surface area contributed by atoms with E-state index in [-0.39, 0.29) is 22.9 Å². The number of fused-ring (bicyclic) bond motifs is 1. The molecule has 0 aliphatic heterocycles. The number of aromatic nitrogens is 1. The molecule has 2 aromatic carbocycles. The predicted molar refractivity (Wildman–Crippen MR) is 112 cm³/mol. The Morgan fingerprint density at radius 2 is 1.69 bits per heavy atom. The molecule has 0 unspecified atom stereocenters. The van der Waals surface area contributed by atoms with Gasteiger partial charge in [-0.3, -0.25) is 4.31 Å². The Labute approximate surface area is 170 Å². The molecule has 152 valence electrons. The molecular formula is C21H22N2O5S. The topological polar surface area (TPSA) is 70.0 Å². The first-order valence-electron chi connectivity index (χ1n) is 8.68. The molecule has 1 aromatic heterocycles. The van der Waals surface area contributed by atoms with Crippen molar-refractivity contribution in [3.63, 3.8) is 0 Å². The normalized spacial score (nSPS) is 11.1. The van der Waals surface area contributed by atoms with Crippen LogP contribution in [0.5, 0.6) is 17.2 Å². The first kappa shape index (κ1) is 20.4. The number of methoxy groups -OCH3 is 3. The quantitative estimate of drug-likeness (QED) is 0.556. The maximum Gasteiger partial charge on any atom is 0.265 e. The molecule has 0 saturated heterocycles. The molecule has 8 heteroatoms. The van der Waals surface area contributed by atoms with E-state index in [0.29, 0.717) is 11.4 Å². The summed E-state index contributed by atoms with van der Waals surface area (Å²) in [6.45, 7) is -0.128. The molecule has 7 nitrogen and oxygen atoms in total. The maximum absolute atomic E-state index is 13.5. The largest absolute Gasteiger partial charge is 0.493 e. The van der Waals surface area contributed by atoms with E-state index in [1.807, 2.05) is 29.9 Å². The van der Waals surface area contributed by atoms with Gasteiger partial charge in [0.15, 0.2) is 11.5 Å². The molecule has 0 N–H and O–H groups in total. The Morgan fingerprint density at radius 3 is 2.24 bits per heavy atom. The Hall–Kier alpha value is -3.31. The smallest absolute Gasteiger partial charge is 0.265 e. The number of sulfonamides is 1. The fourth-order valence-corrected chi connectivity index (χ4v) is 4.56. The summed E-state index contributed by atoms with van der Waals surface area (Å²) >= 11 is 0. The fraction of sp³-hybridized carbons (Fsp3) is 0.238. The van der Waals surface area contributed by atoms with Crippen LogP contribution in [0.3, 0.4) is 0 Å². The van der Waals surface area contributed by atoms with Crippen molar-refractivity contribution >= 4 is 26.6 Å². The van der Waals surface area contributed by atoms with Crippen molar-refractivity contribution in [1.82, 2.24) is 4.57 Å². The van der Waals surface area contributed by atoms with Gasteiger partial charge >= 0.3 is 0 Å². The summed E-state index contributed by atoms with van der Waals surface area (Å²) in [4.78, 5) is -0.0181. The van der Waals surface area contributed by atoms with Crippen LogP contribution >= 0.6 is 0 Å². The summed E-state index contributed by atoms with van der Waals surface area (Å²) < 4.78 is 45.9. The molecule has 0 aliphatic carbocycles. The molecule has 3 aromatic rings. The van der Waals surface area contributed by atoms with Crippen molar-refractivity contribution in [2.75, 3.05) is 32.2 Å². The zero-order chi connectivity index (χ0) is 21.2. The van der Waals surface area contributed by atoms with Gasteiger partial charge in [-0.15, -0.1) is 6.42 Å². The highest BCUT2D eigenvalue weighted by atomic mass is 32.2. The van der Waals surface area contributed by atoms with Gasteiger partial charge in [0.2, 0.25) is 5.75 Å². The molecule has 29 heavy (non-hydrogen) atoms. The van der Waals surface area contributed by atoms with Gasteiger partial charge < -0.3 is 18.8 Å². The molecule has 0 aliphatic rings. The van der Waals surface area contributed by atoms with E-state index in [9.17, 15) is 8.42 Å². The summed E-state index contributed by atoms with van der Waals surface area (Å²) in [5.41, 5.74) is 1.45. The lowest BCUT2D eigenvalue weighted by Crippen LogP contribution is -2.31. The van der Waals surface area contributed by atoms with Crippen LogP contribution in [0.4, 0.5) is 5.69 Å². The highest BCUT2D eigenvalue weighted by Gasteiger charge is 2.28. The first-order chi connectivity index (χ1) is 13.9. The van der Waals surface area contributed by atoms with Crippen molar-refractivity contribution in [2.45, 2.75) is 4.90 Å². The summed E-state index contributed by atoms with van der Waals surface area (Å²) in [5, 5.41) is 0.909. The van der Waals surface area contributed by atoms with E-state index >= 15 is 0 Å². The fourth-order valence-electron chi connectivity index (χ4n) is 3.16. The first-order valence-corrected chi connectivity index (χ1v) is 10.1. The van der Waals surface area contributed by atoms with Gasteiger partial charge in [0.1, 0.15) is 0 Å². The Kier molecular flexibility index (Phi) is 5.62.